The van der Waals surface area contributed by atoms with Crippen molar-refractivity contribution in [2.75, 3.05) is 27.4 Å². The lowest BCUT2D eigenvalue weighted by atomic mass is 9.85. The summed E-state index contributed by atoms with van der Waals surface area (Å²) in [4.78, 5) is 61.3. The summed E-state index contributed by atoms with van der Waals surface area (Å²) in [5.74, 6) is -2.02. The van der Waals surface area contributed by atoms with Crippen LogP contribution in [-0.2, 0) is 38.3 Å². The van der Waals surface area contributed by atoms with Gasteiger partial charge in [0.2, 0.25) is 17.7 Å². The molecule has 2 aromatic rings. The highest BCUT2D eigenvalue weighted by Gasteiger charge is 2.62. The summed E-state index contributed by atoms with van der Waals surface area (Å²) in [6.07, 6.45) is 2.49. The molecule has 5 rings (SSSR count). The Morgan fingerprint density at radius 2 is 1.81 bits per heavy atom. The van der Waals surface area contributed by atoms with E-state index in [0.717, 1.165) is 5.39 Å². The largest absolute Gasteiger partial charge is 0.497 e. The van der Waals surface area contributed by atoms with Crippen LogP contribution in [0.15, 0.2) is 43.1 Å². The smallest absolute Gasteiger partial charge is 0.408 e. The fourth-order valence-corrected chi connectivity index (χ4v) is 7.71. The van der Waals surface area contributed by atoms with Gasteiger partial charge in [0.05, 0.1) is 25.9 Å². The second-order valence-electron chi connectivity index (χ2n) is 16.1. The van der Waals surface area contributed by atoms with Crippen molar-refractivity contribution in [3.63, 3.8) is 0 Å². The first-order chi connectivity index (χ1) is 25.1. The zero-order valence-corrected chi connectivity index (χ0v) is 32.8. The van der Waals surface area contributed by atoms with Crippen LogP contribution < -0.4 is 24.8 Å². The minimum Gasteiger partial charge on any atom is -0.497 e. The Bertz CT molecular complexity index is 1910. The van der Waals surface area contributed by atoms with Crippen LogP contribution in [0.3, 0.4) is 0 Å². The van der Waals surface area contributed by atoms with Crippen molar-refractivity contribution in [3.05, 3.63) is 43.1 Å². The minimum absolute atomic E-state index is 0.0236. The molecular formula is C37H51N5O11S. The van der Waals surface area contributed by atoms with Crippen LogP contribution in [0, 0.1) is 11.3 Å². The highest BCUT2D eigenvalue weighted by atomic mass is 32.2. The molecule has 0 bridgehead atoms. The molecule has 3 N–H and O–H groups in total. The number of benzene rings is 1. The van der Waals surface area contributed by atoms with Crippen LogP contribution in [0.4, 0.5) is 4.79 Å². The van der Waals surface area contributed by atoms with E-state index in [4.69, 9.17) is 23.1 Å². The van der Waals surface area contributed by atoms with E-state index < -0.39 is 80.4 Å². The highest BCUT2D eigenvalue weighted by Crippen LogP contribution is 2.46. The SMILES string of the molecule is C=C[C@@H]1C[C@]1(NC(=O)[C@@H]1C[C@@H](Oc2nccc3cc(OC)ccc23)CN1C(=O)[C@@H](NC(=O)OC(C)(C)COC)C(C)(C)C)C(=O)NS(=O)(=O)OC1(C)CC1. The van der Waals surface area contributed by atoms with Gasteiger partial charge in [-0.3, -0.25) is 14.4 Å². The van der Waals surface area contributed by atoms with E-state index in [1.54, 1.807) is 73.0 Å². The lowest BCUT2D eigenvalue weighted by molar-refractivity contribution is -0.143. The Hall–Kier alpha value is -4.48. The van der Waals surface area contributed by atoms with Crippen molar-refractivity contribution in [2.24, 2.45) is 11.3 Å². The average Bonchev–Trinajstić information content (AvgIpc) is 3.94. The summed E-state index contributed by atoms with van der Waals surface area (Å²) in [6.45, 7) is 14.0. The molecule has 4 amide bonds. The van der Waals surface area contributed by atoms with Crippen LogP contribution in [0.1, 0.15) is 67.2 Å². The van der Waals surface area contributed by atoms with Crippen molar-refractivity contribution < 1.29 is 50.7 Å². The quantitative estimate of drug-likeness (QED) is 0.224. The molecule has 1 aliphatic heterocycles. The Balaban J connectivity index is 1.43. The molecular weight excluding hydrogens is 722 g/mol. The van der Waals surface area contributed by atoms with E-state index in [2.05, 4.69) is 22.2 Å². The van der Waals surface area contributed by atoms with Crippen molar-refractivity contribution in [2.45, 2.75) is 102 Å². The van der Waals surface area contributed by atoms with Crippen molar-refractivity contribution in [3.8, 4) is 11.6 Å². The second-order valence-corrected chi connectivity index (χ2v) is 17.4. The zero-order valence-electron chi connectivity index (χ0n) is 32.0. The maximum Gasteiger partial charge on any atom is 0.408 e. The number of likely N-dealkylation sites (tertiary alicyclic amines) is 1. The van der Waals surface area contributed by atoms with E-state index in [1.165, 1.54) is 18.1 Å². The molecule has 296 valence electrons. The molecule has 2 saturated carbocycles. The normalized spacial score (nSPS) is 23.9. The summed E-state index contributed by atoms with van der Waals surface area (Å²) in [7, 11) is -1.47. The Kier molecular flexibility index (Phi) is 11.3. The number of nitrogens with one attached hydrogen (secondary N) is 3. The first-order valence-corrected chi connectivity index (χ1v) is 19.2. The van der Waals surface area contributed by atoms with Gasteiger partial charge in [-0.2, -0.15) is 8.42 Å². The van der Waals surface area contributed by atoms with E-state index in [9.17, 15) is 27.6 Å². The predicted octanol–water partition coefficient (Wildman–Crippen LogP) is 3.15. The molecule has 54 heavy (non-hydrogen) atoms. The lowest BCUT2D eigenvalue weighted by Gasteiger charge is -2.36. The number of carbonyl (C=O) groups is 4. The number of pyridine rings is 1. The standard InChI is InChI=1S/C37H51N5O11S/c1-10-23-19-37(23,32(45)41-54(47,48)53-36(7)14-15-36)40-29(43)27-18-25(51-30-26-12-11-24(50-9)17-22(26)13-16-38-30)20-42(27)31(44)28(34(2,3)4)39-33(46)52-35(5,6)21-49-8/h10-13,16-17,23,25,27-28H,1,14-15,18-21H2,2-9H3,(H,39,46)(H,40,43)(H,41,45)/t23-,25-,27+,28-,37-/m1/s1. The third kappa shape index (κ3) is 9.24. The average molecular weight is 774 g/mol. The van der Waals surface area contributed by atoms with Crippen molar-refractivity contribution in [1.82, 2.24) is 25.2 Å². The summed E-state index contributed by atoms with van der Waals surface area (Å²) in [5.41, 5.74) is -4.43. The van der Waals surface area contributed by atoms with Gasteiger partial charge in [-0.05, 0) is 75.1 Å². The molecule has 17 heteroatoms. The third-order valence-electron chi connectivity index (χ3n) is 9.83. The van der Waals surface area contributed by atoms with Gasteiger partial charge in [-0.25, -0.2) is 18.7 Å². The Morgan fingerprint density at radius 1 is 1.11 bits per heavy atom. The fraction of sp³-hybridized carbons (Fsp3) is 0.595. The molecule has 0 unspecified atom stereocenters. The molecule has 1 aromatic heterocycles. The molecule has 3 fully saturated rings. The molecule has 0 spiro atoms. The van der Waals surface area contributed by atoms with Crippen LogP contribution in [0.2, 0.25) is 0 Å². The number of alkyl carbamates (subject to hydrolysis) is 1. The number of carbonyl (C=O) groups excluding carboxylic acids is 4. The predicted molar refractivity (Wildman–Crippen MR) is 197 cm³/mol. The number of aromatic nitrogens is 1. The van der Waals surface area contributed by atoms with Crippen LogP contribution >= 0.6 is 0 Å². The van der Waals surface area contributed by atoms with Gasteiger partial charge in [-0.15, -0.1) is 6.58 Å². The van der Waals surface area contributed by atoms with Gasteiger partial charge in [0, 0.05) is 31.0 Å². The second kappa shape index (κ2) is 15.0. The molecule has 3 aliphatic rings. The number of amides is 4. The minimum atomic E-state index is -4.50. The number of rotatable bonds is 15. The summed E-state index contributed by atoms with van der Waals surface area (Å²) < 4.78 is 55.1. The van der Waals surface area contributed by atoms with Gasteiger partial charge in [0.25, 0.3) is 5.91 Å². The zero-order chi connectivity index (χ0) is 39.9. The number of fused-ring (bicyclic) bond motifs is 1. The summed E-state index contributed by atoms with van der Waals surface area (Å²) in [6, 6.07) is 4.79. The molecule has 5 atom stereocenters. The number of hydrogen-bond acceptors (Lipinski definition) is 12. The molecule has 2 heterocycles. The van der Waals surface area contributed by atoms with Gasteiger partial charge in [0.15, 0.2) is 0 Å². The van der Waals surface area contributed by atoms with Gasteiger partial charge < -0.3 is 34.5 Å². The van der Waals surface area contributed by atoms with Crippen LogP contribution in [-0.4, -0.2) is 104 Å². The van der Waals surface area contributed by atoms with Crippen molar-refractivity contribution in [1.29, 1.82) is 0 Å². The first kappa shape index (κ1) is 40.7. The van der Waals surface area contributed by atoms with Gasteiger partial charge in [-0.1, -0.05) is 26.8 Å². The van der Waals surface area contributed by atoms with E-state index >= 15 is 0 Å². The summed E-state index contributed by atoms with van der Waals surface area (Å²) in [5, 5.41) is 6.89. The van der Waals surface area contributed by atoms with Crippen LogP contribution in [0.25, 0.3) is 10.8 Å². The first-order valence-electron chi connectivity index (χ1n) is 17.8. The number of nitrogens with zero attached hydrogens (tertiary/aromatic N) is 2. The molecule has 0 radical (unpaired) electrons. The maximum absolute atomic E-state index is 14.6. The van der Waals surface area contributed by atoms with E-state index in [0.29, 0.717) is 24.0 Å². The molecule has 1 aromatic carbocycles. The highest BCUT2D eigenvalue weighted by molar-refractivity contribution is 7.85. The topological polar surface area (TPSA) is 201 Å². The van der Waals surface area contributed by atoms with Gasteiger partial charge in [0.1, 0.15) is 35.1 Å². The monoisotopic (exact) mass is 773 g/mol. The number of hydrogen-bond donors (Lipinski definition) is 3. The number of ether oxygens (including phenoxy) is 4. The third-order valence-corrected chi connectivity index (χ3v) is 10.9. The number of methoxy groups -OCH3 is 2. The van der Waals surface area contributed by atoms with E-state index in [1.807, 2.05) is 10.8 Å². The fourth-order valence-electron chi connectivity index (χ4n) is 6.56. The van der Waals surface area contributed by atoms with Crippen molar-refractivity contribution >= 4 is 44.9 Å². The van der Waals surface area contributed by atoms with E-state index in [-0.39, 0.29) is 31.9 Å². The summed E-state index contributed by atoms with van der Waals surface area (Å²) >= 11 is 0. The Morgan fingerprint density at radius 3 is 2.41 bits per heavy atom. The molecule has 16 nitrogen and oxygen atoms in total. The Labute approximate surface area is 315 Å². The lowest BCUT2D eigenvalue weighted by Crippen LogP contribution is -2.60. The molecule has 1 saturated heterocycles. The molecule has 2 aliphatic carbocycles. The maximum atomic E-state index is 14.6. The van der Waals surface area contributed by atoms with Gasteiger partial charge >= 0.3 is 16.4 Å². The van der Waals surface area contributed by atoms with Crippen LogP contribution in [0.5, 0.6) is 11.6 Å².